The summed E-state index contributed by atoms with van der Waals surface area (Å²) < 4.78 is 5.02. The predicted octanol–water partition coefficient (Wildman–Crippen LogP) is 1.08. The third kappa shape index (κ3) is 6.91. The fourth-order valence-corrected chi connectivity index (χ4v) is 2.51. The standard InChI is InChI=1S/C15H26N4O2S/c1-5-12-6-7-13(22-12)10-17-15(16-8-9-21-4)18-11-14(20)19(2)3/h6-7H,5,8-11H2,1-4H3,(H2,16,17,18). The number of methoxy groups -OCH3 is 1. The molecule has 2 N–H and O–H groups in total. The Kier molecular flexibility index (Phi) is 8.54. The topological polar surface area (TPSA) is 66.0 Å². The van der Waals surface area contributed by atoms with Gasteiger partial charge in [0.05, 0.1) is 13.2 Å². The highest BCUT2D eigenvalue weighted by Gasteiger charge is 2.05. The van der Waals surface area contributed by atoms with Gasteiger partial charge in [0.2, 0.25) is 5.91 Å². The van der Waals surface area contributed by atoms with E-state index in [1.54, 1.807) is 32.5 Å². The van der Waals surface area contributed by atoms with Crippen LogP contribution in [0.15, 0.2) is 17.1 Å². The Hall–Kier alpha value is -1.60. The fourth-order valence-electron chi connectivity index (χ4n) is 1.61. The zero-order valence-electron chi connectivity index (χ0n) is 13.8. The lowest BCUT2D eigenvalue weighted by atomic mass is 10.4. The van der Waals surface area contributed by atoms with Gasteiger partial charge in [0.25, 0.3) is 0 Å². The number of thiophene rings is 1. The van der Waals surface area contributed by atoms with Crippen LogP contribution in [0.1, 0.15) is 16.7 Å². The SMILES string of the molecule is CCc1ccc(CNC(=NCC(=O)N(C)C)NCCOC)s1. The normalized spacial score (nSPS) is 11.4. The molecule has 0 radical (unpaired) electrons. The van der Waals surface area contributed by atoms with Gasteiger partial charge >= 0.3 is 0 Å². The van der Waals surface area contributed by atoms with Crippen molar-refractivity contribution in [2.75, 3.05) is 40.9 Å². The number of hydrogen-bond acceptors (Lipinski definition) is 4. The number of nitrogens with zero attached hydrogens (tertiary/aromatic N) is 2. The molecule has 0 spiro atoms. The molecule has 0 fully saturated rings. The van der Waals surface area contributed by atoms with Gasteiger partial charge in [-0.05, 0) is 18.6 Å². The summed E-state index contributed by atoms with van der Waals surface area (Å²) in [5.41, 5.74) is 0. The Labute approximate surface area is 136 Å². The average molecular weight is 326 g/mol. The van der Waals surface area contributed by atoms with Gasteiger partial charge in [-0.25, -0.2) is 4.99 Å². The molecular formula is C15H26N4O2S. The lowest BCUT2D eigenvalue weighted by molar-refractivity contribution is -0.127. The van der Waals surface area contributed by atoms with Gasteiger partial charge in [-0.1, -0.05) is 6.92 Å². The number of aliphatic imine (C=N–C) groups is 1. The van der Waals surface area contributed by atoms with E-state index in [1.165, 1.54) is 14.7 Å². The number of carbonyl (C=O) groups excluding carboxylic acids is 1. The van der Waals surface area contributed by atoms with Crippen LogP contribution in [0.3, 0.4) is 0 Å². The van der Waals surface area contributed by atoms with Crippen LogP contribution in [0.5, 0.6) is 0 Å². The number of amides is 1. The fraction of sp³-hybridized carbons (Fsp3) is 0.600. The summed E-state index contributed by atoms with van der Waals surface area (Å²) >= 11 is 1.79. The van der Waals surface area contributed by atoms with E-state index in [0.29, 0.717) is 25.7 Å². The van der Waals surface area contributed by atoms with Gasteiger partial charge in [0, 0.05) is 37.5 Å². The first-order valence-corrected chi connectivity index (χ1v) is 8.17. The van der Waals surface area contributed by atoms with Gasteiger partial charge < -0.3 is 20.3 Å². The smallest absolute Gasteiger partial charge is 0.243 e. The molecule has 1 aromatic rings. The molecule has 124 valence electrons. The molecule has 7 heteroatoms. The number of nitrogens with one attached hydrogen (secondary N) is 2. The van der Waals surface area contributed by atoms with E-state index in [1.807, 2.05) is 0 Å². The summed E-state index contributed by atoms with van der Waals surface area (Å²) in [6.45, 7) is 4.19. The number of hydrogen-bond donors (Lipinski definition) is 2. The molecule has 1 rings (SSSR count). The maximum Gasteiger partial charge on any atom is 0.243 e. The van der Waals surface area contributed by atoms with E-state index >= 15 is 0 Å². The largest absolute Gasteiger partial charge is 0.383 e. The second-order valence-corrected chi connectivity index (χ2v) is 6.20. The minimum atomic E-state index is -0.0303. The van der Waals surface area contributed by atoms with Crippen molar-refractivity contribution in [3.63, 3.8) is 0 Å². The van der Waals surface area contributed by atoms with E-state index in [4.69, 9.17) is 4.74 Å². The minimum Gasteiger partial charge on any atom is -0.383 e. The van der Waals surface area contributed by atoms with Crippen LogP contribution >= 0.6 is 11.3 Å². The summed E-state index contributed by atoms with van der Waals surface area (Å²) in [7, 11) is 5.10. The van der Waals surface area contributed by atoms with Crippen LogP contribution in [-0.4, -0.2) is 57.7 Å². The first kappa shape index (κ1) is 18.4. The van der Waals surface area contributed by atoms with Crippen LogP contribution in [-0.2, 0) is 22.5 Å². The summed E-state index contributed by atoms with van der Waals surface area (Å²) in [4.78, 5) is 20.1. The van der Waals surface area contributed by atoms with Crippen molar-refractivity contribution in [1.82, 2.24) is 15.5 Å². The number of guanidine groups is 1. The first-order chi connectivity index (χ1) is 10.6. The Balaban J connectivity index is 2.56. The monoisotopic (exact) mass is 326 g/mol. The summed E-state index contributed by atoms with van der Waals surface area (Å²) in [5, 5.41) is 6.40. The second-order valence-electron chi connectivity index (χ2n) is 4.95. The van der Waals surface area contributed by atoms with Crippen molar-refractivity contribution < 1.29 is 9.53 Å². The van der Waals surface area contributed by atoms with Crippen LogP contribution < -0.4 is 10.6 Å². The molecule has 22 heavy (non-hydrogen) atoms. The number of aryl methyl sites for hydroxylation is 1. The maximum atomic E-state index is 11.6. The molecule has 1 heterocycles. The van der Waals surface area contributed by atoms with Crippen molar-refractivity contribution in [3.05, 3.63) is 21.9 Å². The predicted molar refractivity (Wildman–Crippen MR) is 91.4 cm³/mol. The second kappa shape index (κ2) is 10.2. The lowest BCUT2D eigenvalue weighted by Gasteiger charge is -2.13. The van der Waals surface area contributed by atoms with Gasteiger partial charge in [-0.2, -0.15) is 0 Å². The number of likely N-dealkylation sites (N-methyl/N-ethyl adjacent to an activating group) is 1. The maximum absolute atomic E-state index is 11.6. The Bertz CT molecular complexity index is 486. The quantitative estimate of drug-likeness (QED) is 0.426. The molecule has 1 aromatic heterocycles. The summed E-state index contributed by atoms with van der Waals surface area (Å²) in [6.07, 6.45) is 1.05. The van der Waals surface area contributed by atoms with Crippen molar-refractivity contribution >= 4 is 23.2 Å². The van der Waals surface area contributed by atoms with Crippen molar-refractivity contribution in [2.24, 2.45) is 4.99 Å². The van der Waals surface area contributed by atoms with Gasteiger partial charge in [-0.15, -0.1) is 11.3 Å². The van der Waals surface area contributed by atoms with Gasteiger partial charge in [0.1, 0.15) is 6.54 Å². The van der Waals surface area contributed by atoms with E-state index in [2.05, 4.69) is 34.7 Å². The molecule has 0 saturated carbocycles. The Morgan fingerprint density at radius 1 is 1.32 bits per heavy atom. The van der Waals surface area contributed by atoms with E-state index in [9.17, 15) is 4.79 Å². The molecule has 0 aliphatic heterocycles. The highest BCUT2D eigenvalue weighted by Crippen LogP contribution is 2.16. The molecule has 0 saturated heterocycles. The molecule has 0 aliphatic carbocycles. The average Bonchev–Trinajstić information content (AvgIpc) is 2.97. The van der Waals surface area contributed by atoms with Crippen molar-refractivity contribution in [1.29, 1.82) is 0 Å². The molecule has 1 amide bonds. The lowest BCUT2D eigenvalue weighted by Crippen LogP contribution is -2.39. The summed E-state index contributed by atoms with van der Waals surface area (Å²) in [5.74, 6) is 0.593. The van der Waals surface area contributed by atoms with Crippen LogP contribution in [0.4, 0.5) is 0 Å². The molecule has 0 bridgehead atoms. The third-order valence-electron chi connectivity index (χ3n) is 2.97. The van der Waals surface area contributed by atoms with E-state index < -0.39 is 0 Å². The highest BCUT2D eigenvalue weighted by molar-refractivity contribution is 7.11. The molecule has 6 nitrogen and oxygen atoms in total. The van der Waals surface area contributed by atoms with Crippen LogP contribution in [0, 0.1) is 0 Å². The zero-order chi connectivity index (χ0) is 16.4. The molecule has 0 unspecified atom stereocenters. The highest BCUT2D eigenvalue weighted by atomic mass is 32.1. The van der Waals surface area contributed by atoms with E-state index in [-0.39, 0.29) is 12.5 Å². The van der Waals surface area contributed by atoms with Crippen molar-refractivity contribution in [2.45, 2.75) is 19.9 Å². The Morgan fingerprint density at radius 2 is 2.05 bits per heavy atom. The molecule has 0 atom stereocenters. The van der Waals surface area contributed by atoms with Crippen LogP contribution in [0.25, 0.3) is 0 Å². The molecular weight excluding hydrogens is 300 g/mol. The van der Waals surface area contributed by atoms with Crippen LogP contribution in [0.2, 0.25) is 0 Å². The Morgan fingerprint density at radius 3 is 2.64 bits per heavy atom. The summed E-state index contributed by atoms with van der Waals surface area (Å²) in [6, 6.07) is 4.26. The molecule has 0 aromatic carbocycles. The van der Waals surface area contributed by atoms with E-state index in [0.717, 1.165) is 6.42 Å². The first-order valence-electron chi connectivity index (χ1n) is 7.35. The van der Waals surface area contributed by atoms with Crippen molar-refractivity contribution in [3.8, 4) is 0 Å². The number of carbonyl (C=O) groups is 1. The minimum absolute atomic E-state index is 0.0303. The molecule has 0 aliphatic rings. The number of rotatable bonds is 8. The third-order valence-corrected chi connectivity index (χ3v) is 4.20. The van der Waals surface area contributed by atoms with Gasteiger partial charge in [-0.3, -0.25) is 4.79 Å². The zero-order valence-corrected chi connectivity index (χ0v) is 14.6. The van der Waals surface area contributed by atoms with Gasteiger partial charge in [0.15, 0.2) is 5.96 Å². The number of ether oxygens (including phenoxy) is 1.